The van der Waals surface area contributed by atoms with E-state index in [4.69, 9.17) is 5.14 Å². The Morgan fingerprint density at radius 1 is 1.09 bits per heavy atom. The largest absolute Gasteiger partial charge is 0.324 e. The van der Waals surface area contributed by atoms with Gasteiger partial charge in [0, 0.05) is 23.5 Å². The second-order valence-corrected chi connectivity index (χ2v) is 8.34. The van der Waals surface area contributed by atoms with Crippen LogP contribution in [0.2, 0.25) is 0 Å². The van der Waals surface area contributed by atoms with Gasteiger partial charge in [0.2, 0.25) is 21.9 Å². The molecule has 0 bridgehead atoms. The molecule has 11 heteroatoms. The van der Waals surface area contributed by atoms with Gasteiger partial charge in [0.05, 0.1) is 21.8 Å². The maximum absolute atomic E-state index is 11.6. The SMILES string of the molecule is C=Cc1c2ccc(N(C=C)c3ncnc(Nc4cccc(S(N)(=O)=O)c4)n3)cc2nn1C=C. The molecular formula is C22H20N8O2S. The lowest BCUT2D eigenvalue weighted by molar-refractivity contribution is 0.598. The van der Waals surface area contributed by atoms with E-state index in [1.807, 2.05) is 18.2 Å². The summed E-state index contributed by atoms with van der Waals surface area (Å²) >= 11 is 0. The Morgan fingerprint density at radius 2 is 1.91 bits per heavy atom. The number of primary sulfonamides is 1. The van der Waals surface area contributed by atoms with Crippen molar-refractivity contribution < 1.29 is 8.42 Å². The molecular weight excluding hydrogens is 440 g/mol. The first-order valence-corrected chi connectivity index (χ1v) is 11.2. The number of nitrogens with zero attached hydrogens (tertiary/aromatic N) is 6. The predicted octanol–water partition coefficient (Wildman–Crippen LogP) is 3.64. The first kappa shape index (κ1) is 21.9. The molecule has 0 spiro atoms. The van der Waals surface area contributed by atoms with Gasteiger partial charge in [-0.3, -0.25) is 4.90 Å². The molecule has 2 heterocycles. The zero-order valence-electron chi connectivity index (χ0n) is 17.5. The van der Waals surface area contributed by atoms with Crippen molar-refractivity contribution in [2.75, 3.05) is 10.2 Å². The number of hydrogen-bond acceptors (Lipinski definition) is 8. The smallest absolute Gasteiger partial charge is 0.238 e. The fourth-order valence-electron chi connectivity index (χ4n) is 3.25. The highest BCUT2D eigenvalue weighted by Gasteiger charge is 2.15. The van der Waals surface area contributed by atoms with Crippen molar-refractivity contribution >= 4 is 56.5 Å². The summed E-state index contributed by atoms with van der Waals surface area (Å²) < 4.78 is 24.9. The van der Waals surface area contributed by atoms with Crippen LogP contribution < -0.4 is 15.4 Å². The predicted molar refractivity (Wildman–Crippen MR) is 129 cm³/mol. The average Bonchev–Trinajstić information content (AvgIpc) is 3.16. The van der Waals surface area contributed by atoms with Crippen LogP contribution >= 0.6 is 0 Å². The Morgan fingerprint density at radius 3 is 2.61 bits per heavy atom. The van der Waals surface area contributed by atoms with Crippen LogP contribution in [0.25, 0.3) is 23.2 Å². The number of rotatable bonds is 8. The van der Waals surface area contributed by atoms with E-state index >= 15 is 0 Å². The quantitative estimate of drug-likeness (QED) is 0.407. The highest BCUT2D eigenvalue weighted by molar-refractivity contribution is 7.89. The molecule has 0 aliphatic carbocycles. The van der Waals surface area contributed by atoms with Crippen molar-refractivity contribution in [3.63, 3.8) is 0 Å². The van der Waals surface area contributed by atoms with Gasteiger partial charge in [0.15, 0.2) is 0 Å². The zero-order chi connectivity index (χ0) is 23.6. The molecule has 4 rings (SSSR count). The molecule has 33 heavy (non-hydrogen) atoms. The van der Waals surface area contributed by atoms with Gasteiger partial charge in [-0.25, -0.2) is 28.2 Å². The Bertz CT molecular complexity index is 1490. The summed E-state index contributed by atoms with van der Waals surface area (Å²) in [6.45, 7) is 11.5. The van der Waals surface area contributed by atoms with Crippen LogP contribution in [0.15, 0.2) is 79.6 Å². The third-order valence-corrected chi connectivity index (χ3v) is 5.65. The van der Waals surface area contributed by atoms with Crippen LogP contribution in [0.3, 0.4) is 0 Å². The zero-order valence-corrected chi connectivity index (χ0v) is 18.3. The maximum atomic E-state index is 11.6. The van der Waals surface area contributed by atoms with Crippen molar-refractivity contribution in [1.82, 2.24) is 24.7 Å². The summed E-state index contributed by atoms with van der Waals surface area (Å²) in [5, 5.41) is 13.6. The molecule has 3 N–H and O–H groups in total. The van der Waals surface area contributed by atoms with Gasteiger partial charge in [-0.1, -0.05) is 25.8 Å². The van der Waals surface area contributed by atoms with Gasteiger partial charge in [-0.15, -0.1) is 0 Å². The Labute approximate surface area is 190 Å². The normalized spacial score (nSPS) is 11.2. The second kappa shape index (κ2) is 8.65. The molecule has 166 valence electrons. The molecule has 0 fully saturated rings. The molecule has 0 saturated carbocycles. The van der Waals surface area contributed by atoms with E-state index in [0.29, 0.717) is 11.6 Å². The first-order valence-electron chi connectivity index (χ1n) is 9.62. The number of fused-ring (bicyclic) bond motifs is 1. The molecule has 0 aliphatic rings. The molecule has 0 aliphatic heterocycles. The third-order valence-electron chi connectivity index (χ3n) is 4.74. The lowest BCUT2D eigenvalue weighted by atomic mass is 10.2. The fraction of sp³-hybridized carbons (Fsp3) is 0. The monoisotopic (exact) mass is 460 g/mol. The van der Waals surface area contributed by atoms with Crippen molar-refractivity contribution in [2.45, 2.75) is 4.90 Å². The summed E-state index contributed by atoms with van der Waals surface area (Å²) in [5.41, 5.74) is 2.76. The van der Waals surface area contributed by atoms with Gasteiger partial charge in [0.1, 0.15) is 6.33 Å². The van der Waals surface area contributed by atoms with Crippen molar-refractivity contribution in [2.24, 2.45) is 5.14 Å². The highest BCUT2D eigenvalue weighted by Crippen LogP contribution is 2.29. The molecule has 2 aromatic carbocycles. The van der Waals surface area contributed by atoms with E-state index in [2.05, 4.69) is 45.1 Å². The average molecular weight is 461 g/mol. The number of benzene rings is 2. The van der Waals surface area contributed by atoms with E-state index < -0.39 is 10.0 Å². The molecule has 0 amide bonds. The van der Waals surface area contributed by atoms with Crippen LogP contribution in [0.4, 0.5) is 23.3 Å². The van der Waals surface area contributed by atoms with Crippen molar-refractivity contribution in [1.29, 1.82) is 0 Å². The third kappa shape index (κ3) is 4.35. The van der Waals surface area contributed by atoms with Gasteiger partial charge in [-0.05, 0) is 42.5 Å². The number of anilines is 4. The maximum Gasteiger partial charge on any atom is 0.238 e. The van der Waals surface area contributed by atoms with Gasteiger partial charge >= 0.3 is 0 Å². The molecule has 0 atom stereocenters. The summed E-state index contributed by atoms with van der Waals surface area (Å²) in [6, 6.07) is 11.7. The summed E-state index contributed by atoms with van der Waals surface area (Å²) in [6.07, 6.45) is 6.24. The molecule has 0 unspecified atom stereocenters. The lowest BCUT2D eigenvalue weighted by Gasteiger charge is -2.18. The standard InChI is InChI=1S/C22H20N8O2S/c1-4-20-18-11-10-16(13-19(18)28-30(20)6-3)29(5-2)22-25-14-24-21(27-22)26-15-8-7-9-17(12-15)33(23,31)32/h4-14H,1-3H2,(H2,23,31,32)(H,24,25,26,27). The summed E-state index contributed by atoms with van der Waals surface area (Å²) in [5.74, 6) is 0.515. The highest BCUT2D eigenvalue weighted by atomic mass is 32.2. The van der Waals surface area contributed by atoms with Crippen LogP contribution in [0, 0.1) is 0 Å². The Hall–Kier alpha value is -4.35. The second-order valence-electron chi connectivity index (χ2n) is 6.78. The molecule has 0 saturated heterocycles. The number of nitrogens with one attached hydrogen (secondary N) is 1. The number of hydrogen-bond donors (Lipinski definition) is 2. The Kier molecular flexibility index (Phi) is 5.73. The van der Waals surface area contributed by atoms with Crippen LogP contribution in [0.5, 0.6) is 0 Å². The molecule has 4 aromatic rings. The summed E-state index contributed by atoms with van der Waals surface area (Å²) in [4.78, 5) is 14.4. The number of sulfonamides is 1. The van der Waals surface area contributed by atoms with E-state index in [1.165, 1.54) is 18.5 Å². The summed E-state index contributed by atoms with van der Waals surface area (Å²) in [7, 11) is -3.84. The van der Waals surface area contributed by atoms with E-state index in [-0.39, 0.29) is 10.8 Å². The number of aromatic nitrogens is 5. The van der Waals surface area contributed by atoms with Crippen molar-refractivity contribution in [3.05, 3.63) is 80.4 Å². The fourth-order valence-corrected chi connectivity index (χ4v) is 3.81. The topological polar surface area (TPSA) is 132 Å². The molecule has 10 nitrogen and oxygen atoms in total. The van der Waals surface area contributed by atoms with E-state index in [1.54, 1.807) is 40.2 Å². The first-order chi connectivity index (χ1) is 15.8. The lowest BCUT2D eigenvalue weighted by Crippen LogP contribution is -2.13. The van der Waals surface area contributed by atoms with E-state index in [0.717, 1.165) is 22.3 Å². The van der Waals surface area contributed by atoms with Crippen LogP contribution in [-0.4, -0.2) is 33.2 Å². The van der Waals surface area contributed by atoms with Gasteiger partial charge < -0.3 is 5.32 Å². The van der Waals surface area contributed by atoms with Gasteiger partial charge in [0.25, 0.3) is 0 Å². The molecule has 0 radical (unpaired) electrons. The molecule has 2 aromatic heterocycles. The Balaban J connectivity index is 1.67. The number of nitrogens with two attached hydrogens (primary N) is 1. The van der Waals surface area contributed by atoms with E-state index in [9.17, 15) is 8.42 Å². The van der Waals surface area contributed by atoms with Crippen LogP contribution in [-0.2, 0) is 10.0 Å². The minimum Gasteiger partial charge on any atom is -0.324 e. The van der Waals surface area contributed by atoms with Gasteiger partial charge in [-0.2, -0.15) is 10.1 Å². The minimum atomic E-state index is -3.84. The van der Waals surface area contributed by atoms with Crippen molar-refractivity contribution in [3.8, 4) is 0 Å². The van der Waals surface area contributed by atoms with Crippen LogP contribution in [0.1, 0.15) is 5.69 Å². The minimum absolute atomic E-state index is 0.0272.